The van der Waals surface area contributed by atoms with Gasteiger partial charge in [0, 0.05) is 5.69 Å². The molecular weight excluding hydrogens is 418 g/mol. The van der Waals surface area contributed by atoms with Crippen LogP contribution in [0.2, 0.25) is 0 Å². The van der Waals surface area contributed by atoms with Crippen molar-refractivity contribution in [2.45, 2.75) is 51.2 Å². The standard InChI is InChI=1S/C22H27N3O5S/c1-13(2)11-19(25-31(28,29)17-8-5-14(3)6-9-17)22(27)23-16-7-10-20-18(12-16)24-21(26)15(4)30-20/h5-10,12-13,15,19,25H,11H2,1-4H3,(H,23,27)(H,24,26)/t15-,19-/m1/s1. The van der Waals surface area contributed by atoms with Gasteiger partial charge in [-0.15, -0.1) is 0 Å². The van der Waals surface area contributed by atoms with Crippen LogP contribution in [0.5, 0.6) is 5.75 Å². The molecule has 2 aromatic carbocycles. The van der Waals surface area contributed by atoms with E-state index in [9.17, 15) is 18.0 Å². The van der Waals surface area contributed by atoms with E-state index in [1.54, 1.807) is 37.3 Å². The molecule has 3 N–H and O–H groups in total. The molecule has 0 bridgehead atoms. The monoisotopic (exact) mass is 445 g/mol. The van der Waals surface area contributed by atoms with Gasteiger partial charge in [-0.2, -0.15) is 4.72 Å². The van der Waals surface area contributed by atoms with E-state index in [1.807, 2.05) is 20.8 Å². The van der Waals surface area contributed by atoms with Gasteiger partial charge >= 0.3 is 0 Å². The molecule has 2 aromatic rings. The first kappa shape index (κ1) is 22.8. The van der Waals surface area contributed by atoms with Gasteiger partial charge in [-0.1, -0.05) is 31.5 Å². The topological polar surface area (TPSA) is 114 Å². The number of rotatable bonds is 7. The van der Waals surface area contributed by atoms with Crippen molar-refractivity contribution in [3.8, 4) is 5.75 Å². The molecule has 8 nitrogen and oxygen atoms in total. The van der Waals surface area contributed by atoms with Crippen molar-refractivity contribution < 1.29 is 22.7 Å². The molecule has 0 spiro atoms. The Morgan fingerprint density at radius 1 is 1.16 bits per heavy atom. The van der Waals surface area contributed by atoms with Crippen molar-refractivity contribution >= 4 is 33.2 Å². The average molecular weight is 446 g/mol. The SMILES string of the molecule is Cc1ccc(S(=O)(=O)N[C@H](CC(C)C)C(=O)Nc2ccc3c(c2)NC(=O)[C@@H](C)O3)cc1. The van der Waals surface area contributed by atoms with E-state index in [-0.39, 0.29) is 16.7 Å². The second kappa shape index (κ2) is 9.07. The highest BCUT2D eigenvalue weighted by Crippen LogP contribution is 2.32. The number of anilines is 2. The van der Waals surface area contributed by atoms with Crippen LogP contribution >= 0.6 is 0 Å². The lowest BCUT2D eigenvalue weighted by atomic mass is 10.0. The highest BCUT2D eigenvalue weighted by molar-refractivity contribution is 7.89. The first-order valence-corrected chi connectivity index (χ1v) is 11.5. The largest absolute Gasteiger partial charge is 0.479 e. The van der Waals surface area contributed by atoms with Gasteiger partial charge in [0.15, 0.2) is 6.10 Å². The maximum atomic E-state index is 12.9. The summed E-state index contributed by atoms with van der Waals surface area (Å²) in [6.45, 7) is 7.33. The summed E-state index contributed by atoms with van der Waals surface area (Å²) in [6, 6.07) is 10.3. The van der Waals surface area contributed by atoms with Crippen molar-refractivity contribution in [2.75, 3.05) is 10.6 Å². The molecule has 3 rings (SSSR count). The second-order valence-corrected chi connectivity index (χ2v) is 9.78. The zero-order valence-electron chi connectivity index (χ0n) is 17.9. The predicted octanol–water partition coefficient (Wildman–Crippen LogP) is 3.05. The van der Waals surface area contributed by atoms with Crippen LogP contribution in [-0.2, 0) is 19.6 Å². The van der Waals surface area contributed by atoms with Crippen molar-refractivity contribution in [3.05, 3.63) is 48.0 Å². The molecule has 166 valence electrons. The summed E-state index contributed by atoms with van der Waals surface area (Å²) < 4.78 is 33.6. The van der Waals surface area contributed by atoms with Crippen LogP contribution in [0.15, 0.2) is 47.4 Å². The number of ether oxygens (including phenoxy) is 1. The van der Waals surface area contributed by atoms with Crippen LogP contribution in [-0.4, -0.2) is 32.4 Å². The van der Waals surface area contributed by atoms with E-state index >= 15 is 0 Å². The summed E-state index contributed by atoms with van der Waals surface area (Å²) in [5.74, 6) is -0.182. The number of fused-ring (bicyclic) bond motifs is 1. The molecule has 1 heterocycles. The van der Waals surface area contributed by atoms with E-state index in [0.29, 0.717) is 23.5 Å². The summed E-state index contributed by atoms with van der Waals surface area (Å²) in [4.78, 5) is 24.9. The highest BCUT2D eigenvalue weighted by Gasteiger charge is 2.28. The van der Waals surface area contributed by atoms with Crippen molar-refractivity contribution in [2.24, 2.45) is 5.92 Å². The van der Waals surface area contributed by atoms with E-state index in [1.165, 1.54) is 12.1 Å². The molecule has 1 aliphatic rings. The Hall–Kier alpha value is -2.91. The Morgan fingerprint density at radius 2 is 1.84 bits per heavy atom. The Labute approximate surface area is 182 Å². The molecule has 0 aromatic heterocycles. The fourth-order valence-corrected chi connectivity index (χ4v) is 4.38. The van der Waals surface area contributed by atoms with Crippen LogP contribution < -0.4 is 20.1 Å². The molecule has 2 amide bonds. The van der Waals surface area contributed by atoms with E-state index in [2.05, 4.69) is 15.4 Å². The third kappa shape index (κ3) is 5.62. The van der Waals surface area contributed by atoms with Gasteiger partial charge in [0.05, 0.1) is 10.6 Å². The first-order valence-electron chi connectivity index (χ1n) is 10.1. The van der Waals surface area contributed by atoms with Gasteiger partial charge in [0.2, 0.25) is 15.9 Å². The Morgan fingerprint density at radius 3 is 2.48 bits per heavy atom. The molecule has 2 atom stereocenters. The van der Waals surface area contributed by atoms with Gasteiger partial charge < -0.3 is 15.4 Å². The molecule has 9 heteroatoms. The summed E-state index contributed by atoms with van der Waals surface area (Å²) in [7, 11) is -3.87. The van der Waals surface area contributed by atoms with Crippen LogP contribution in [0.3, 0.4) is 0 Å². The van der Waals surface area contributed by atoms with E-state index in [0.717, 1.165) is 5.56 Å². The molecule has 0 saturated carbocycles. The second-order valence-electron chi connectivity index (χ2n) is 8.07. The molecule has 0 fully saturated rings. The molecule has 0 aliphatic carbocycles. The third-order valence-corrected chi connectivity index (χ3v) is 6.32. The summed E-state index contributed by atoms with van der Waals surface area (Å²) >= 11 is 0. The van der Waals surface area contributed by atoms with Gasteiger partial charge in [0.1, 0.15) is 11.8 Å². The Kier molecular flexibility index (Phi) is 6.66. The fraction of sp³-hybridized carbons (Fsp3) is 0.364. The number of sulfonamides is 1. The fourth-order valence-electron chi connectivity index (χ4n) is 3.17. The lowest BCUT2D eigenvalue weighted by Crippen LogP contribution is -2.44. The van der Waals surface area contributed by atoms with Crippen molar-refractivity contribution in [1.82, 2.24) is 4.72 Å². The minimum absolute atomic E-state index is 0.0779. The highest BCUT2D eigenvalue weighted by atomic mass is 32.2. The average Bonchev–Trinajstić information content (AvgIpc) is 2.68. The normalized spacial score (nSPS) is 16.8. The Bertz CT molecular complexity index is 1080. The van der Waals surface area contributed by atoms with Crippen molar-refractivity contribution in [1.29, 1.82) is 0 Å². The smallest absolute Gasteiger partial charge is 0.265 e. The number of nitrogens with one attached hydrogen (secondary N) is 3. The quantitative estimate of drug-likeness (QED) is 0.606. The minimum Gasteiger partial charge on any atom is -0.479 e. The lowest BCUT2D eigenvalue weighted by Gasteiger charge is -2.24. The number of hydrogen-bond acceptors (Lipinski definition) is 5. The number of amides is 2. The van der Waals surface area contributed by atoms with Crippen LogP contribution in [0.25, 0.3) is 0 Å². The zero-order chi connectivity index (χ0) is 22.8. The molecule has 1 aliphatic heterocycles. The minimum atomic E-state index is -3.87. The molecular formula is C22H27N3O5S. The third-order valence-electron chi connectivity index (χ3n) is 4.83. The summed E-state index contributed by atoms with van der Waals surface area (Å²) in [5.41, 5.74) is 1.81. The molecule has 0 saturated heterocycles. The maximum absolute atomic E-state index is 12.9. The Balaban J connectivity index is 1.78. The molecule has 0 unspecified atom stereocenters. The summed E-state index contributed by atoms with van der Waals surface area (Å²) in [6.07, 6.45) is -0.279. The molecule has 31 heavy (non-hydrogen) atoms. The van der Waals surface area contributed by atoms with Gasteiger partial charge in [-0.3, -0.25) is 9.59 Å². The van der Waals surface area contributed by atoms with Gasteiger partial charge in [-0.25, -0.2) is 8.42 Å². The lowest BCUT2D eigenvalue weighted by molar-refractivity contribution is -0.122. The van der Waals surface area contributed by atoms with E-state index < -0.39 is 28.1 Å². The predicted molar refractivity (Wildman–Crippen MR) is 119 cm³/mol. The van der Waals surface area contributed by atoms with Crippen LogP contribution in [0.4, 0.5) is 11.4 Å². The summed E-state index contributed by atoms with van der Waals surface area (Å²) in [5, 5.41) is 5.46. The maximum Gasteiger partial charge on any atom is 0.265 e. The number of benzene rings is 2. The zero-order valence-corrected chi connectivity index (χ0v) is 18.7. The van der Waals surface area contributed by atoms with Gasteiger partial charge in [0.25, 0.3) is 5.91 Å². The van der Waals surface area contributed by atoms with E-state index in [4.69, 9.17) is 4.74 Å². The first-order chi connectivity index (χ1) is 14.5. The number of hydrogen-bond donors (Lipinski definition) is 3. The number of aryl methyl sites for hydroxylation is 1. The number of carbonyl (C=O) groups excluding carboxylic acids is 2. The number of carbonyl (C=O) groups is 2. The van der Waals surface area contributed by atoms with Gasteiger partial charge in [-0.05, 0) is 56.5 Å². The van der Waals surface area contributed by atoms with Crippen LogP contribution in [0.1, 0.15) is 32.8 Å². The van der Waals surface area contributed by atoms with Crippen molar-refractivity contribution in [3.63, 3.8) is 0 Å². The van der Waals surface area contributed by atoms with Crippen LogP contribution in [0, 0.1) is 12.8 Å². The molecule has 0 radical (unpaired) electrons.